The van der Waals surface area contributed by atoms with E-state index in [2.05, 4.69) is 16.0 Å². The van der Waals surface area contributed by atoms with E-state index in [1.807, 2.05) is 46.2 Å². The van der Waals surface area contributed by atoms with Gasteiger partial charge in [-0.25, -0.2) is 4.98 Å². The standard InChI is InChI=1S/C22H22N4O3.N2/c27-21(25-7-9-26(10-8-25)22(28)18-12-29-13-18)16-3-1-15(2-4-16)17-5-6-19-20(11-17)24-14-23-19;1-2/h1-6,11,14,18H,7-10,12-13H2,(H,23,24);. The molecular weight excluding hydrogens is 396 g/mol. The average Bonchev–Trinajstić information content (AvgIpc) is 3.27. The number of piperazine rings is 1. The van der Waals surface area contributed by atoms with Crippen molar-refractivity contribution in [2.45, 2.75) is 0 Å². The number of aromatic amines is 1. The van der Waals surface area contributed by atoms with Gasteiger partial charge in [0, 0.05) is 42.5 Å². The number of nitrogens with zero attached hydrogens (tertiary/aromatic N) is 5. The molecule has 0 spiro atoms. The largest absolute Gasteiger partial charge is 0.380 e. The van der Waals surface area contributed by atoms with E-state index < -0.39 is 0 Å². The fourth-order valence-corrected chi connectivity index (χ4v) is 3.87. The molecule has 0 unspecified atom stereocenters. The third-order valence-corrected chi connectivity index (χ3v) is 5.75. The SMILES string of the molecule is N#N.O=C(c1ccc(-c2ccc3nc[nH]c3c2)cc1)N1CCN(C(=O)C2COC2)CC1. The molecule has 158 valence electrons. The monoisotopic (exact) mass is 418 g/mol. The minimum absolute atomic E-state index is 0.00535. The van der Waals surface area contributed by atoms with E-state index in [9.17, 15) is 9.59 Å². The fraction of sp³-hybridized carbons (Fsp3) is 0.318. The number of imidazole rings is 1. The van der Waals surface area contributed by atoms with Crippen molar-refractivity contribution in [3.8, 4) is 11.1 Å². The third-order valence-electron chi connectivity index (χ3n) is 5.75. The summed E-state index contributed by atoms with van der Waals surface area (Å²) in [4.78, 5) is 36.2. The molecule has 9 nitrogen and oxygen atoms in total. The Morgan fingerprint density at radius 2 is 1.58 bits per heavy atom. The molecule has 2 fully saturated rings. The van der Waals surface area contributed by atoms with E-state index in [1.54, 1.807) is 6.33 Å². The molecule has 0 atom stereocenters. The molecule has 31 heavy (non-hydrogen) atoms. The van der Waals surface area contributed by atoms with E-state index in [0.29, 0.717) is 45.0 Å². The van der Waals surface area contributed by atoms with Crippen LogP contribution in [0.25, 0.3) is 22.2 Å². The van der Waals surface area contributed by atoms with Crippen molar-refractivity contribution in [2.24, 2.45) is 5.92 Å². The summed E-state index contributed by atoms with van der Waals surface area (Å²) in [6.07, 6.45) is 1.68. The van der Waals surface area contributed by atoms with E-state index in [1.165, 1.54) is 0 Å². The van der Waals surface area contributed by atoms with Crippen LogP contribution in [0.5, 0.6) is 0 Å². The number of carbonyl (C=O) groups is 2. The third kappa shape index (κ3) is 4.11. The lowest BCUT2D eigenvalue weighted by molar-refractivity contribution is -0.151. The molecule has 1 N–H and O–H groups in total. The molecule has 3 aromatic rings. The number of amides is 2. The van der Waals surface area contributed by atoms with Crippen LogP contribution >= 0.6 is 0 Å². The van der Waals surface area contributed by atoms with Gasteiger partial charge < -0.3 is 19.5 Å². The Morgan fingerprint density at radius 1 is 0.935 bits per heavy atom. The van der Waals surface area contributed by atoms with Gasteiger partial charge in [-0.15, -0.1) is 0 Å². The Labute approximate surface area is 179 Å². The minimum atomic E-state index is 0.00535. The Morgan fingerprint density at radius 3 is 2.23 bits per heavy atom. The molecule has 0 bridgehead atoms. The van der Waals surface area contributed by atoms with Crippen molar-refractivity contribution in [1.82, 2.24) is 19.8 Å². The predicted octanol–water partition coefficient (Wildman–Crippen LogP) is 2.19. The summed E-state index contributed by atoms with van der Waals surface area (Å²) < 4.78 is 5.11. The highest BCUT2D eigenvalue weighted by Gasteiger charge is 2.33. The van der Waals surface area contributed by atoms with Gasteiger partial charge in [0.25, 0.3) is 5.91 Å². The fourth-order valence-electron chi connectivity index (χ4n) is 3.87. The molecule has 5 rings (SSSR count). The molecule has 1 aromatic heterocycles. The van der Waals surface area contributed by atoms with Gasteiger partial charge in [-0.2, -0.15) is 0 Å². The van der Waals surface area contributed by atoms with Gasteiger partial charge in [0.05, 0.1) is 36.5 Å². The molecule has 2 amide bonds. The molecule has 2 saturated heterocycles. The summed E-state index contributed by atoms with van der Waals surface area (Å²) in [5, 5.41) is 12.0. The first-order valence-corrected chi connectivity index (χ1v) is 10.1. The van der Waals surface area contributed by atoms with Crippen molar-refractivity contribution in [1.29, 1.82) is 10.8 Å². The number of ether oxygens (including phenoxy) is 1. The van der Waals surface area contributed by atoms with Gasteiger partial charge in [-0.1, -0.05) is 18.2 Å². The average molecular weight is 418 g/mol. The second-order valence-corrected chi connectivity index (χ2v) is 7.56. The zero-order valence-corrected chi connectivity index (χ0v) is 16.9. The van der Waals surface area contributed by atoms with Gasteiger partial charge in [0.1, 0.15) is 0 Å². The molecule has 2 aliphatic heterocycles. The van der Waals surface area contributed by atoms with Crippen LogP contribution in [0.15, 0.2) is 48.8 Å². The normalized spacial score (nSPS) is 16.3. The van der Waals surface area contributed by atoms with Crippen molar-refractivity contribution in [3.05, 3.63) is 54.4 Å². The lowest BCUT2D eigenvalue weighted by Gasteiger charge is -2.38. The maximum absolute atomic E-state index is 12.9. The lowest BCUT2D eigenvalue weighted by atomic mass is 10.0. The van der Waals surface area contributed by atoms with Crippen LogP contribution in [0.1, 0.15) is 10.4 Å². The Kier molecular flexibility index (Phi) is 5.91. The van der Waals surface area contributed by atoms with Gasteiger partial charge in [0.2, 0.25) is 5.91 Å². The van der Waals surface area contributed by atoms with Crippen LogP contribution < -0.4 is 0 Å². The van der Waals surface area contributed by atoms with Crippen molar-refractivity contribution >= 4 is 22.8 Å². The summed E-state index contributed by atoms with van der Waals surface area (Å²) in [6, 6.07) is 13.8. The van der Waals surface area contributed by atoms with Crippen LogP contribution in [0.4, 0.5) is 0 Å². The van der Waals surface area contributed by atoms with Crippen molar-refractivity contribution in [3.63, 3.8) is 0 Å². The first-order valence-electron chi connectivity index (χ1n) is 10.1. The van der Waals surface area contributed by atoms with E-state index in [-0.39, 0.29) is 17.7 Å². The van der Waals surface area contributed by atoms with Gasteiger partial charge in [-0.3, -0.25) is 9.59 Å². The van der Waals surface area contributed by atoms with E-state index in [0.717, 1.165) is 22.2 Å². The number of carbonyl (C=O) groups excluding carboxylic acids is 2. The number of nitrogens with one attached hydrogen (secondary N) is 1. The molecular formula is C22H22N6O3. The molecule has 0 saturated carbocycles. The maximum Gasteiger partial charge on any atom is 0.253 e. The highest BCUT2D eigenvalue weighted by molar-refractivity contribution is 5.95. The predicted molar refractivity (Wildman–Crippen MR) is 112 cm³/mol. The summed E-state index contributed by atoms with van der Waals surface area (Å²) in [7, 11) is 0. The molecule has 9 heteroatoms. The summed E-state index contributed by atoms with van der Waals surface area (Å²) >= 11 is 0. The topological polar surface area (TPSA) is 126 Å². The van der Waals surface area contributed by atoms with Crippen LogP contribution in [-0.4, -0.2) is 71.0 Å². The maximum atomic E-state index is 12.9. The quantitative estimate of drug-likeness (QED) is 0.650. The zero-order chi connectivity index (χ0) is 21.8. The Balaban J connectivity index is 0.00000112. The first-order chi connectivity index (χ1) is 15.2. The Hall–Kier alpha value is -3.77. The lowest BCUT2D eigenvalue weighted by Crippen LogP contribution is -2.54. The van der Waals surface area contributed by atoms with Crippen molar-refractivity contribution < 1.29 is 14.3 Å². The van der Waals surface area contributed by atoms with Crippen LogP contribution in [-0.2, 0) is 9.53 Å². The first kappa shape index (κ1) is 20.5. The van der Waals surface area contributed by atoms with Crippen molar-refractivity contribution in [2.75, 3.05) is 39.4 Å². The second kappa shape index (κ2) is 8.93. The second-order valence-electron chi connectivity index (χ2n) is 7.56. The molecule has 3 heterocycles. The van der Waals surface area contributed by atoms with Gasteiger partial charge >= 0.3 is 0 Å². The van der Waals surface area contributed by atoms with Crippen LogP contribution in [0.3, 0.4) is 0 Å². The number of aromatic nitrogens is 2. The molecule has 2 aromatic carbocycles. The highest BCUT2D eigenvalue weighted by atomic mass is 16.5. The number of hydrogen-bond donors (Lipinski definition) is 1. The molecule has 0 aliphatic carbocycles. The highest BCUT2D eigenvalue weighted by Crippen LogP contribution is 2.24. The molecule has 2 aliphatic rings. The Bertz CT molecular complexity index is 1100. The summed E-state index contributed by atoms with van der Waals surface area (Å²) in [5.74, 6) is 0.173. The smallest absolute Gasteiger partial charge is 0.253 e. The molecule has 0 radical (unpaired) electrons. The summed E-state index contributed by atoms with van der Waals surface area (Å²) in [6.45, 7) is 3.36. The van der Waals surface area contributed by atoms with E-state index in [4.69, 9.17) is 15.5 Å². The van der Waals surface area contributed by atoms with Gasteiger partial charge in [-0.05, 0) is 35.4 Å². The van der Waals surface area contributed by atoms with Crippen LogP contribution in [0, 0.1) is 16.7 Å². The van der Waals surface area contributed by atoms with Crippen LogP contribution in [0.2, 0.25) is 0 Å². The number of fused-ring (bicyclic) bond motifs is 1. The minimum Gasteiger partial charge on any atom is -0.380 e. The number of benzene rings is 2. The number of rotatable bonds is 3. The number of H-pyrrole nitrogens is 1. The number of hydrogen-bond acceptors (Lipinski definition) is 6. The van der Waals surface area contributed by atoms with E-state index >= 15 is 0 Å². The summed E-state index contributed by atoms with van der Waals surface area (Å²) in [5.41, 5.74) is 4.72. The zero-order valence-electron chi connectivity index (χ0n) is 16.9. The van der Waals surface area contributed by atoms with Gasteiger partial charge in [0.15, 0.2) is 0 Å².